The molecule has 0 aliphatic heterocycles. The van der Waals surface area contributed by atoms with Gasteiger partial charge < -0.3 is 4.98 Å². The number of fused-ring (bicyclic) bond motifs is 1. The standard InChI is InChI=1S/C18H14N4OS/c1-12(16-19-17(23)15-8-10-24-18(15)20-16)11-13-7-9-22(21-13)14-5-3-2-4-6-14/h2-11H,1H3,(H,19,20,23). The Morgan fingerprint density at radius 3 is 2.88 bits per heavy atom. The van der Waals surface area contributed by atoms with E-state index in [1.54, 1.807) is 6.07 Å². The number of benzene rings is 1. The topological polar surface area (TPSA) is 63.6 Å². The molecule has 5 nitrogen and oxygen atoms in total. The minimum absolute atomic E-state index is 0.112. The van der Waals surface area contributed by atoms with E-state index in [1.165, 1.54) is 11.3 Å². The van der Waals surface area contributed by atoms with E-state index in [0.29, 0.717) is 11.2 Å². The Kier molecular flexibility index (Phi) is 3.59. The summed E-state index contributed by atoms with van der Waals surface area (Å²) >= 11 is 1.46. The zero-order chi connectivity index (χ0) is 16.5. The molecule has 0 atom stereocenters. The van der Waals surface area contributed by atoms with Gasteiger partial charge in [0, 0.05) is 6.20 Å². The molecular weight excluding hydrogens is 320 g/mol. The number of allylic oxidation sites excluding steroid dienone is 1. The monoisotopic (exact) mass is 334 g/mol. The number of H-pyrrole nitrogens is 1. The maximum absolute atomic E-state index is 12.1. The highest BCUT2D eigenvalue weighted by Crippen LogP contribution is 2.18. The van der Waals surface area contributed by atoms with Crippen LogP contribution in [-0.2, 0) is 0 Å². The first-order valence-electron chi connectivity index (χ1n) is 7.48. The summed E-state index contributed by atoms with van der Waals surface area (Å²) in [5, 5.41) is 7.05. The fourth-order valence-corrected chi connectivity index (χ4v) is 3.25. The van der Waals surface area contributed by atoms with Crippen LogP contribution in [0.2, 0.25) is 0 Å². The van der Waals surface area contributed by atoms with Crippen LogP contribution < -0.4 is 5.56 Å². The number of hydrogen-bond donors (Lipinski definition) is 1. The molecule has 0 amide bonds. The lowest BCUT2D eigenvalue weighted by atomic mass is 10.2. The molecule has 3 heterocycles. The molecule has 4 aromatic rings. The van der Waals surface area contributed by atoms with Gasteiger partial charge in [-0.1, -0.05) is 18.2 Å². The van der Waals surface area contributed by atoms with Crippen molar-refractivity contribution in [2.24, 2.45) is 0 Å². The first-order valence-corrected chi connectivity index (χ1v) is 8.36. The van der Waals surface area contributed by atoms with Crippen LogP contribution in [0, 0.1) is 0 Å². The summed E-state index contributed by atoms with van der Waals surface area (Å²) < 4.78 is 1.82. The average Bonchev–Trinajstić information content (AvgIpc) is 3.25. The normalized spacial score (nSPS) is 12.0. The van der Waals surface area contributed by atoms with E-state index in [-0.39, 0.29) is 5.56 Å². The average molecular weight is 334 g/mol. The third kappa shape index (κ3) is 2.68. The highest BCUT2D eigenvalue weighted by Gasteiger charge is 2.07. The largest absolute Gasteiger partial charge is 0.306 e. The van der Waals surface area contributed by atoms with Crippen molar-refractivity contribution in [1.29, 1.82) is 0 Å². The third-order valence-electron chi connectivity index (χ3n) is 3.70. The third-order valence-corrected chi connectivity index (χ3v) is 4.51. The van der Waals surface area contributed by atoms with Gasteiger partial charge in [0.2, 0.25) is 0 Å². The minimum atomic E-state index is -0.112. The van der Waals surface area contributed by atoms with Crippen LogP contribution in [0.1, 0.15) is 18.4 Å². The molecule has 3 aromatic heterocycles. The van der Waals surface area contributed by atoms with Gasteiger partial charge >= 0.3 is 0 Å². The number of aromatic amines is 1. The van der Waals surface area contributed by atoms with E-state index in [9.17, 15) is 4.79 Å². The Labute approximate surface area is 141 Å². The van der Waals surface area contributed by atoms with Crippen LogP contribution in [-0.4, -0.2) is 19.7 Å². The first-order chi connectivity index (χ1) is 11.7. The summed E-state index contributed by atoms with van der Waals surface area (Å²) in [6, 6.07) is 13.6. The second-order valence-corrected chi connectivity index (χ2v) is 6.30. The second kappa shape index (κ2) is 5.90. The van der Waals surface area contributed by atoms with Crippen LogP contribution in [0.4, 0.5) is 0 Å². The van der Waals surface area contributed by atoms with Crippen molar-refractivity contribution in [3.8, 4) is 5.69 Å². The summed E-state index contributed by atoms with van der Waals surface area (Å²) in [6.07, 6.45) is 3.82. The molecule has 0 bridgehead atoms. The van der Waals surface area contributed by atoms with E-state index in [2.05, 4.69) is 15.1 Å². The van der Waals surface area contributed by atoms with Crippen LogP contribution in [0.3, 0.4) is 0 Å². The summed E-state index contributed by atoms with van der Waals surface area (Å²) in [6.45, 7) is 1.92. The van der Waals surface area contributed by atoms with Crippen molar-refractivity contribution < 1.29 is 0 Å². The molecule has 0 unspecified atom stereocenters. The Hall–Kier alpha value is -2.99. The lowest BCUT2D eigenvalue weighted by Gasteiger charge is -2.01. The van der Waals surface area contributed by atoms with Gasteiger partial charge in [-0.05, 0) is 48.2 Å². The number of para-hydroxylation sites is 1. The fraction of sp³-hybridized carbons (Fsp3) is 0.0556. The number of rotatable bonds is 3. The molecule has 0 saturated carbocycles. The molecule has 1 N–H and O–H groups in total. The molecular formula is C18H14N4OS. The van der Waals surface area contributed by atoms with Crippen LogP contribution in [0.15, 0.2) is 58.8 Å². The van der Waals surface area contributed by atoms with Gasteiger partial charge in [0.15, 0.2) is 0 Å². The Bertz CT molecular complexity index is 1090. The minimum Gasteiger partial charge on any atom is -0.306 e. The van der Waals surface area contributed by atoms with Gasteiger partial charge in [-0.15, -0.1) is 11.3 Å². The number of hydrogen-bond acceptors (Lipinski definition) is 4. The van der Waals surface area contributed by atoms with Crippen LogP contribution in [0.25, 0.3) is 27.6 Å². The zero-order valence-corrected chi connectivity index (χ0v) is 13.7. The van der Waals surface area contributed by atoms with Gasteiger partial charge in [0.1, 0.15) is 10.7 Å². The number of thiophene rings is 1. The predicted octanol–water partition coefficient (Wildman–Crippen LogP) is 3.73. The SMILES string of the molecule is CC(=Cc1ccn(-c2ccccc2)n1)c1nc2sccc2c(=O)[nH]1. The van der Waals surface area contributed by atoms with Gasteiger partial charge in [-0.25, -0.2) is 9.67 Å². The Morgan fingerprint density at radius 1 is 1.21 bits per heavy atom. The summed E-state index contributed by atoms with van der Waals surface area (Å²) in [5.74, 6) is 0.573. The number of nitrogens with one attached hydrogen (secondary N) is 1. The molecule has 0 radical (unpaired) electrons. The number of aromatic nitrogens is 4. The van der Waals surface area contributed by atoms with Crippen LogP contribution in [0.5, 0.6) is 0 Å². The van der Waals surface area contributed by atoms with Gasteiger partial charge in [0.05, 0.1) is 16.8 Å². The molecule has 0 fully saturated rings. The summed E-state index contributed by atoms with van der Waals surface area (Å²) in [4.78, 5) is 20.2. The van der Waals surface area contributed by atoms with Crippen molar-refractivity contribution in [1.82, 2.24) is 19.7 Å². The molecule has 6 heteroatoms. The number of nitrogens with zero attached hydrogens (tertiary/aromatic N) is 3. The van der Waals surface area contributed by atoms with Crippen molar-refractivity contribution >= 4 is 33.2 Å². The Balaban J connectivity index is 1.69. The molecule has 0 spiro atoms. The van der Waals surface area contributed by atoms with Gasteiger partial charge in [-0.3, -0.25) is 4.79 Å². The van der Waals surface area contributed by atoms with Crippen molar-refractivity contribution in [3.05, 3.63) is 75.9 Å². The zero-order valence-electron chi connectivity index (χ0n) is 12.9. The molecule has 24 heavy (non-hydrogen) atoms. The lowest BCUT2D eigenvalue weighted by molar-refractivity contribution is 0.876. The summed E-state index contributed by atoms with van der Waals surface area (Å²) in [7, 11) is 0. The second-order valence-electron chi connectivity index (χ2n) is 5.40. The maximum Gasteiger partial charge on any atom is 0.259 e. The molecule has 0 aliphatic carbocycles. The van der Waals surface area contributed by atoms with Gasteiger partial charge in [0.25, 0.3) is 5.56 Å². The predicted molar refractivity (Wildman–Crippen MR) is 97.3 cm³/mol. The molecule has 4 rings (SSSR count). The van der Waals surface area contributed by atoms with E-state index in [0.717, 1.165) is 21.8 Å². The van der Waals surface area contributed by atoms with E-state index < -0.39 is 0 Å². The van der Waals surface area contributed by atoms with E-state index in [4.69, 9.17) is 0 Å². The van der Waals surface area contributed by atoms with Gasteiger partial charge in [-0.2, -0.15) is 5.10 Å². The quantitative estimate of drug-likeness (QED) is 0.621. The van der Waals surface area contributed by atoms with E-state index in [1.807, 2.05) is 65.7 Å². The molecule has 0 saturated heterocycles. The molecule has 1 aromatic carbocycles. The lowest BCUT2D eigenvalue weighted by Crippen LogP contribution is -2.09. The highest BCUT2D eigenvalue weighted by atomic mass is 32.1. The molecule has 0 aliphatic rings. The van der Waals surface area contributed by atoms with Crippen molar-refractivity contribution in [2.45, 2.75) is 6.92 Å². The molecule has 118 valence electrons. The first kappa shape index (κ1) is 14.6. The summed E-state index contributed by atoms with van der Waals surface area (Å²) in [5.41, 5.74) is 2.56. The van der Waals surface area contributed by atoms with Crippen LogP contribution >= 0.6 is 11.3 Å². The van der Waals surface area contributed by atoms with Crippen molar-refractivity contribution in [3.63, 3.8) is 0 Å². The maximum atomic E-state index is 12.1. The fourth-order valence-electron chi connectivity index (χ4n) is 2.48. The smallest absolute Gasteiger partial charge is 0.259 e. The highest BCUT2D eigenvalue weighted by molar-refractivity contribution is 7.16. The van der Waals surface area contributed by atoms with Crippen molar-refractivity contribution in [2.75, 3.05) is 0 Å². The van der Waals surface area contributed by atoms with E-state index >= 15 is 0 Å². The Morgan fingerprint density at radius 2 is 2.04 bits per heavy atom.